The minimum Gasteiger partial charge on any atom is -0.496 e. The van der Waals surface area contributed by atoms with E-state index in [1.807, 2.05) is 19.3 Å². The van der Waals surface area contributed by atoms with Crippen LogP contribution in [0.25, 0.3) is 0 Å². The largest absolute Gasteiger partial charge is 0.496 e. The van der Waals surface area contributed by atoms with Gasteiger partial charge in [-0.3, -0.25) is 5.43 Å². The summed E-state index contributed by atoms with van der Waals surface area (Å²) in [6.07, 6.45) is 0.763. The molecule has 0 radical (unpaired) electrons. The minimum atomic E-state index is -0.369. The highest BCUT2D eigenvalue weighted by atomic mass is 16.5. The number of carbonyl (C=O) groups excluding carboxylic acids is 1. The minimum absolute atomic E-state index is 0.369. The first-order valence-electron chi connectivity index (χ1n) is 5.47. The molecule has 17 heavy (non-hydrogen) atoms. The Bertz CT molecular complexity index is 382. The lowest BCUT2D eigenvalue weighted by Gasteiger charge is -2.11. The third-order valence-electron chi connectivity index (χ3n) is 2.55. The van der Waals surface area contributed by atoms with Crippen molar-refractivity contribution in [2.45, 2.75) is 20.3 Å². The lowest BCUT2D eigenvalue weighted by atomic mass is 10.0. The molecule has 0 saturated heterocycles. The number of urea groups is 1. The number of hydrogen-bond acceptors (Lipinski definition) is 3. The molecule has 0 aliphatic carbocycles. The van der Waals surface area contributed by atoms with Gasteiger partial charge in [0.2, 0.25) is 0 Å². The van der Waals surface area contributed by atoms with Crippen LogP contribution in [0, 0.1) is 13.8 Å². The molecule has 4 N–H and O–H groups in total. The summed E-state index contributed by atoms with van der Waals surface area (Å²) in [6.45, 7) is 4.57. The molecule has 1 rings (SSSR count). The Morgan fingerprint density at radius 2 is 1.94 bits per heavy atom. The van der Waals surface area contributed by atoms with Crippen LogP contribution in [-0.4, -0.2) is 19.7 Å². The molecule has 0 fully saturated rings. The molecule has 0 aromatic heterocycles. The Labute approximate surface area is 101 Å². The molecule has 5 nitrogen and oxygen atoms in total. The van der Waals surface area contributed by atoms with Crippen LogP contribution >= 0.6 is 0 Å². The Balaban J connectivity index is 2.64. The Morgan fingerprint density at radius 1 is 1.35 bits per heavy atom. The van der Waals surface area contributed by atoms with Crippen LogP contribution in [-0.2, 0) is 6.42 Å². The van der Waals surface area contributed by atoms with Gasteiger partial charge in [0.05, 0.1) is 7.11 Å². The zero-order chi connectivity index (χ0) is 12.8. The molecule has 0 aliphatic rings. The average Bonchev–Trinajstić information content (AvgIpc) is 2.28. The first kappa shape index (κ1) is 13.3. The predicted octanol–water partition coefficient (Wildman–Crippen LogP) is 1.03. The monoisotopic (exact) mass is 237 g/mol. The summed E-state index contributed by atoms with van der Waals surface area (Å²) in [5, 5.41) is 2.64. The lowest BCUT2D eigenvalue weighted by molar-refractivity contribution is 0.241. The Morgan fingerprint density at radius 3 is 2.41 bits per heavy atom. The van der Waals surface area contributed by atoms with Crippen LogP contribution in [0.4, 0.5) is 4.79 Å². The van der Waals surface area contributed by atoms with Crippen molar-refractivity contribution in [1.29, 1.82) is 0 Å². The predicted molar refractivity (Wildman–Crippen MR) is 66.9 cm³/mol. The third kappa shape index (κ3) is 3.64. The van der Waals surface area contributed by atoms with E-state index in [4.69, 9.17) is 10.6 Å². The Kier molecular flexibility index (Phi) is 4.78. The van der Waals surface area contributed by atoms with E-state index in [2.05, 4.69) is 17.4 Å². The van der Waals surface area contributed by atoms with Crippen LogP contribution in [0.1, 0.15) is 16.7 Å². The number of ether oxygens (including phenoxy) is 1. The number of methoxy groups -OCH3 is 1. The van der Waals surface area contributed by atoms with Gasteiger partial charge < -0.3 is 10.1 Å². The number of aryl methyl sites for hydroxylation is 2. The van der Waals surface area contributed by atoms with Gasteiger partial charge in [-0.05, 0) is 37.0 Å². The summed E-state index contributed by atoms with van der Waals surface area (Å²) >= 11 is 0. The van der Waals surface area contributed by atoms with Crippen molar-refractivity contribution in [2.24, 2.45) is 5.84 Å². The normalized spacial score (nSPS) is 9.88. The zero-order valence-corrected chi connectivity index (χ0v) is 10.5. The van der Waals surface area contributed by atoms with Gasteiger partial charge in [-0.2, -0.15) is 0 Å². The van der Waals surface area contributed by atoms with E-state index < -0.39 is 0 Å². The fourth-order valence-corrected chi connectivity index (χ4v) is 1.88. The number of nitrogens with two attached hydrogens (primary N) is 1. The maximum atomic E-state index is 10.9. The van der Waals surface area contributed by atoms with Crippen molar-refractivity contribution < 1.29 is 9.53 Å². The fraction of sp³-hybridized carbons (Fsp3) is 0.417. The first-order chi connectivity index (χ1) is 8.08. The van der Waals surface area contributed by atoms with Crippen LogP contribution < -0.4 is 21.3 Å². The van der Waals surface area contributed by atoms with Crippen LogP contribution in [0.3, 0.4) is 0 Å². The molecule has 5 heteroatoms. The molecule has 0 heterocycles. The Hall–Kier alpha value is -1.75. The molecular weight excluding hydrogens is 218 g/mol. The molecule has 0 saturated carbocycles. The number of benzene rings is 1. The van der Waals surface area contributed by atoms with E-state index in [1.54, 1.807) is 7.11 Å². The maximum Gasteiger partial charge on any atom is 0.328 e. The average molecular weight is 237 g/mol. The van der Waals surface area contributed by atoms with E-state index in [9.17, 15) is 4.79 Å². The second kappa shape index (κ2) is 6.10. The van der Waals surface area contributed by atoms with E-state index >= 15 is 0 Å². The van der Waals surface area contributed by atoms with Gasteiger partial charge in [-0.15, -0.1) is 0 Å². The number of carbonyl (C=O) groups is 1. The molecule has 0 atom stereocenters. The first-order valence-corrected chi connectivity index (χ1v) is 5.47. The summed E-state index contributed by atoms with van der Waals surface area (Å²) in [5.41, 5.74) is 5.39. The van der Waals surface area contributed by atoms with Crippen LogP contribution in [0.2, 0.25) is 0 Å². The number of hydrogen-bond donors (Lipinski definition) is 3. The van der Waals surface area contributed by atoms with Crippen molar-refractivity contribution >= 4 is 6.03 Å². The highest BCUT2D eigenvalue weighted by Crippen LogP contribution is 2.24. The summed E-state index contributed by atoms with van der Waals surface area (Å²) < 4.78 is 5.29. The second-order valence-electron chi connectivity index (χ2n) is 3.91. The quantitative estimate of drug-likeness (QED) is 0.416. The zero-order valence-electron chi connectivity index (χ0n) is 10.5. The second-order valence-corrected chi connectivity index (χ2v) is 3.91. The van der Waals surface area contributed by atoms with Gasteiger partial charge >= 0.3 is 6.03 Å². The van der Waals surface area contributed by atoms with Gasteiger partial charge in [0.1, 0.15) is 5.75 Å². The van der Waals surface area contributed by atoms with Crippen molar-refractivity contribution in [3.05, 3.63) is 28.8 Å². The summed E-state index contributed by atoms with van der Waals surface area (Å²) in [4.78, 5) is 10.9. The molecule has 0 aliphatic heterocycles. The summed E-state index contributed by atoms with van der Waals surface area (Å²) in [7, 11) is 1.67. The van der Waals surface area contributed by atoms with Crippen LogP contribution in [0.15, 0.2) is 12.1 Å². The van der Waals surface area contributed by atoms with Crippen molar-refractivity contribution in [3.8, 4) is 5.75 Å². The highest BCUT2D eigenvalue weighted by molar-refractivity contribution is 5.72. The molecule has 0 bridgehead atoms. The number of hydrazine groups is 1. The molecule has 94 valence electrons. The molecule has 1 aromatic rings. The third-order valence-corrected chi connectivity index (χ3v) is 2.55. The molecule has 1 aromatic carbocycles. The fourth-order valence-electron chi connectivity index (χ4n) is 1.88. The SMILES string of the molecule is COc1c(C)cc(CCNC(=O)NN)cc1C. The number of amides is 2. The van der Waals surface area contributed by atoms with Crippen molar-refractivity contribution in [1.82, 2.24) is 10.7 Å². The maximum absolute atomic E-state index is 10.9. The van der Waals surface area contributed by atoms with Gasteiger partial charge in [0.25, 0.3) is 0 Å². The molecule has 0 unspecified atom stereocenters. The van der Waals surface area contributed by atoms with Gasteiger partial charge in [-0.1, -0.05) is 12.1 Å². The molecule has 0 spiro atoms. The van der Waals surface area contributed by atoms with Gasteiger partial charge in [-0.25, -0.2) is 10.6 Å². The lowest BCUT2D eigenvalue weighted by Crippen LogP contribution is -2.40. The van der Waals surface area contributed by atoms with Crippen molar-refractivity contribution in [2.75, 3.05) is 13.7 Å². The van der Waals surface area contributed by atoms with E-state index in [0.717, 1.165) is 28.9 Å². The number of rotatable bonds is 4. The van der Waals surface area contributed by atoms with E-state index in [0.29, 0.717) is 6.54 Å². The molecule has 2 amide bonds. The van der Waals surface area contributed by atoms with Gasteiger partial charge in [0, 0.05) is 6.54 Å². The summed E-state index contributed by atoms with van der Waals surface area (Å²) in [6, 6.07) is 3.76. The summed E-state index contributed by atoms with van der Waals surface area (Å²) in [5.74, 6) is 5.88. The molecular formula is C12H19N3O2. The van der Waals surface area contributed by atoms with E-state index in [1.165, 1.54) is 0 Å². The standard InChI is InChI=1S/C12H19N3O2/c1-8-6-10(4-5-14-12(16)15-13)7-9(2)11(8)17-3/h6-7H,4-5,13H2,1-3H3,(H2,14,15,16). The topological polar surface area (TPSA) is 76.4 Å². The van der Waals surface area contributed by atoms with E-state index in [-0.39, 0.29) is 6.03 Å². The highest BCUT2D eigenvalue weighted by Gasteiger charge is 2.05. The number of nitrogens with one attached hydrogen (secondary N) is 2. The smallest absolute Gasteiger partial charge is 0.328 e. The van der Waals surface area contributed by atoms with Gasteiger partial charge in [0.15, 0.2) is 0 Å². The van der Waals surface area contributed by atoms with Crippen molar-refractivity contribution in [3.63, 3.8) is 0 Å². The van der Waals surface area contributed by atoms with Crippen LogP contribution in [0.5, 0.6) is 5.75 Å².